The van der Waals surface area contributed by atoms with Crippen LogP contribution in [0.4, 0.5) is 0 Å². The molecule has 0 fully saturated rings. The topological polar surface area (TPSA) is 61.1 Å². The summed E-state index contributed by atoms with van der Waals surface area (Å²) in [5, 5.41) is 15.8. The van der Waals surface area contributed by atoms with Gasteiger partial charge in [0.25, 0.3) is 0 Å². The van der Waals surface area contributed by atoms with Crippen molar-refractivity contribution in [1.29, 1.82) is 5.26 Å². The Kier molecular flexibility index (Phi) is 6.17. The Balaban J connectivity index is 0. The molecule has 0 atom stereocenters. The highest BCUT2D eigenvalue weighted by Gasteiger charge is 2.18. The lowest BCUT2D eigenvalue weighted by Gasteiger charge is -2.08. The molecular formula is C8H13NO2. The number of carbonyl (C=O) groups is 1. The average molecular weight is 155 g/mol. The molecule has 0 heterocycles. The molecule has 1 N–H and O–H groups in total. The maximum atomic E-state index is 10.0. The molecule has 0 spiro atoms. The summed E-state index contributed by atoms with van der Waals surface area (Å²) >= 11 is 0. The zero-order chi connectivity index (χ0) is 9.49. The van der Waals surface area contributed by atoms with Gasteiger partial charge < -0.3 is 5.11 Å². The van der Waals surface area contributed by atoms with Crippen molar-refractivity contribution in [2.45, 2.75) is 20.8 Å². The predicted molar refractivity (Wildman–Crippen MR) is 42.9 cm³/mol. The first-order chi connectivity index (χ1) is 4.86. The van der Waals surface area contributed by atoms with Crippen molar-refractivity contribution in [3.05, 3.63) is 12.7 Å². The van der Waals surface area contributed by atoms with Crippen molar-refractivity contribution in [2.24, 2.45) is 5.41 Å². The van der Waals surface area contributed by atoms with Gasteiger partial charge in [0, 0.05) is 6.08 Å². The molecule has 11 heavy (non-hydrogen) atoms. The van der Waals surface area contributed by atoms with Crippen molar-refractivity contribution in [3.63, 3.8) is 0 Å². The summed E-state index contributed by atoms with van der Waals surface area (Å²) in [6, 6.07) is 1.69. The zero-order valence-corrected chi connectivity index (χ0v) is 7.09. The molecule has 0 bridgehead atoms. The fourth-order valence-electron chi connectivity index (χ4n) is 0. The third kappa shape index (κ3) is 12.0. The molecule has 0 saturated carbocycles. The van der Waals surface area contributed by atoms with E-state index in [1.807, 2.05) is 0 Å². The minimum Gasteiger partial charge on any atom is -0.481 e. The van der Waals surface area contributed by atoms with Gasteiger partial charge in [-0.1, -0.05) is 6.58 Å². The lowest BCUT2D eigenvalue weighted by atomic mass is 9.98. The van der Waals surface area contributed by atoms with Crippen molar-refractivity contribution in [1.82, 2.24) is 0 Å². The molecular weight excluding hydrogens is 142 g/mol. The second-order valence-corrected chi connectivity index (χ2v) is 2.89. The molecule has 0 aromatic heterocycles. The molecule has 0 rings (SSSR count). The van der Waals surface area contributed by atoms with Gasteiger partial charge in [0.05, 0.1) is 11.5 Å². The average Bonchev–Trinajstić information content (AvgIpc) is 1.87. The van der Waals surface area contributed by atoms with Gasteiger partial charge in [-0.05, 0) is 20.8 Å². The largest absolute Gasteiger partial charge is 0.481 e. The van der Waals surface area contributed by atoms with Gasteiger partial charge in [-0.15, -0.1) is 0 Å². The first-order valence-corrected chi connectivity index (χ1v) is 3.10. The van der Waals surface area contributed by atoms with E-state index in [-0.39, 0.29) is 0 Å². The summed E-state index contributed by atoms with van der Waals surface area (Å²) in [6.45, 7) is 8.10. The van der Waals surface area contributed by atoms with E-state index in [4.69, 9.17) is 10.4 Å². The first-order valence-electron chi connectivity index (χ1n) is 3.10. The molecule has 3 heteroatoms. The van der Waals surface area contributed by atoms with Crippen LogP contribution >= 0.6 is 0 Å². The van der Waals surface area contributed by atoms with Crippen LogP contribution < -0.4 is 0 Å². The Hall–Kier alpha value is -1.30. The standard InChI is InChI=1S/C5H10O2.C3H3N/c1-5(2,3)4(6)7;1-2-3-4/h1-3H3,(H,6,7);2H,1H2. The predicted octanol–water partition coefficient (Wildman–Crippen LogP) is 1.81. The van der Waals surface area contributed by atoms with Gasteiger partial charge >= 0.3 is 5.97 Å². The van der Waals surface area contributed by atoms with E-state index in [0.29, 0.717) is 0 Å². The maximum Gasteiger partial charge on any atom is 0.308 e. The number of rotatable bonds is 0. The lowest BCUT2D eigenvalue weighted by molar-refractivity contribution is -0.145. The van der Waals surface area contributed by atoms with E-state index < -0.39 is 11.4 Å². The van der Waals surface area contributed by atoms with Crippen LogP contribution in [0.5, 0.6) is 0 Å². The number of allylic oxidation sites excluding steroid dienone is 1. The third-order valence-electron chi connectivity index (χ3n) is 0.733. The van der Waals surface area contributed by atoms with E-state index in [1.54, 1.807) is 26.8 Å². The van der Waals surface area contributed by atoms with Crippen LogP contribution in [0.3, 0.4) is 0 Å². The Morgan fingerprint density at radius 2 is 1.82 bits per heavy atom. The van der Waals surface area contributed by atoms with Crippen LogP contribution in [0.15, 0.2) is 12.7 Å². The molecule has 0 unspecified atom stereocenters. The highest BCUT2D eigenvalue weighted by molar-refractivity contribution is 5.72. The van der Waals surface area contributed by atoms with Crippen molar-refractivity contribution in [2.75, 3.05) is 0 Å². The zero-order valence-electron chi connectivity index (χ0n) is 7.09. The van der Waals surface area contributed by atoms with Crippen LogP contribution in [-0.4, -0.2) is 11.1 Å². The Morgan fingerprint density at radius 1 is 1.64 bits per heavy atom. The summed E-state index contributed by atoms with van der Waals surface area (Å²) in [5.41, 5.74) is -0.583. The summed E-state index contributed by atoms with van der Waals surface area (Å²) in [7, 11) is 0. The normalized spacial score (nSPS) is 8.55. The molecule has 3 nitrogen and oxygen atoms in total. The SMILES string of the molecule is C=CC#N.CC(C)(C)C(=O)O. The Bertz CT molecular complexity index is 172. The van der Waals surface area contributed by atoms with Gasteiger partial charge in [0.1, 0.15) is 0 Å². The Labute approximate surface area is 67.0 Å². The third-order valence-corrected chi connectivity index (χ3v) is 0.733. The highest BCUT2D eigenvalue weighted by atomic mass is 16.4. The molecule has 0 aliphatic rings. The highest BCUT2D eigenvalue weighted by Crippen LogP contribution is 2.11. The number of carboxylic acid groups (broad SMARTS) is 1. The molecule has 0 saturated heterocycles. The van der Waals surface area contributed by atoms with E-state index in [1.165, 1.54) is 6.08 Å². The molecule has 0 aliphatic heterocycles. The van der Waals surface area contributed by atoms with Crippen LogP contribution in [0.1, 0.15) is 20.8 Å². The summed E-state index contributed by atoms with van der Waals surface area (Å²) < 4.78 is 0. The van der Waals surface area contributed by atoms with E-state index >= 15 is 0 Å². The number of nitrogens with zero attached hydrogens (tertiary/aromatic N) is 1. The molecule has 0 aromatic rings. The van der Waals surface area contributed by atoms with Crippen molar-refractivity contribution < 1.29 is 9.90 Å². The van der Waals surface area contributed by atoms with Gasteiger partial charge in [0.15, 0.2) is 0 Å². The van der Waals surface area contributed by atoms with Gasteiger partial charge in [0.2, 0.25) is 0 Å². The minimum atomic E-state index is -0.757. The summed E-state index contributed by atoms with van der Waals surface area (Å²) in [6.07, 6.45) is 1.18. The fourth-order valence-corrected chi connectivity index (χ4v) is 0. The number of nitriles is 1. The molecule has 62 valence electrons. The van der Waals surface area contributed by atoms with Gasteiger partial charge in [-0.3, -0.25) is 4.79 Å². The number of aliphatic carboxylic acids is 1. The summed E-state index contributed by atoms with van der Waals surface area (Å²) in [5.74, 6) is -0.757. The molecule has 0 radical (unpaired) electrons. The van der Waals surface area contributed by atoms with Crippen LogP contribution in [-0.2, 0) is 4.79 Å². The number of hydrogen-bond acceptors (Lipinski definition) is 2. The quantitative estimate of drug-likeness (QED) is 0.543. The van der Waals surface area contributed by atoms with Gasteiger partial charge in [-0.2, -0.15) is 5.26 Å². The van der Waals surface area contributed by atoms with Gasteiger partial charge in [-0.25, -0.2) is 0 Å². The molecule has 0 aliphatic carbocycles. The van der Waals surface area contributed by atoms with Crippen molar-refractivity contribution in [3.8, 4) is 6.07 Å². The van der Waals surface area contributed by atoms with E-state index in [0.717, 1.165) is 0 Å². The van der Waals surface area contributed by atoms with E-state index in [9.17, 15) is 4.79 Å². The Morgan fingerprint density at radius 3 is 1.82 bits per heavy atom. The molecule has 0 aromatic carbocycles. The second-order valence-electron chi connectivity index (χ2n) is 2.89. The second kappa shape index (κ2) is 5.48. The lowest BCUT2D eigenvalue weighted by Crippen LogP contribution is -2.18. The van der Waals surface area contributed by atoms with Crippen molar-refractivity contribution >= 4 is 5.97 Å². The summed E-state index contributed by atoms with van der Waals surface area (Å²) in [4.78, 5) is 10.0. The molecule has 0 amide bonds. The maximum absolute atomic E-state index is 10.0. The first kappa shape index (κ1) is 12.4. The van der Waals surface area contributed by atoms with E-state index in [2.05, 4.69) is 6.58 Å². The van der Waals surface area contributed by atoms with Crippen LogP contribution in [0, 0.1) is 16.7 Å². The smallest absolute Gasteiger partial charge is 0.308 e. The fraction of sp³-hybridized carbons (Fsp3) is 0.500. The minimum absolute atomic E-state index is 0.583. The van der Waals surface area contributed by atoms with Crippen LogP contribution in [0.2, 0.25) is 0 Å². The number of hydrogen-bond donors (Lipinski definition) is 1. The number of carboxylic acids is 1. The monoisotopic (exact) mass is 155 g/mol. The van der Waals surface area contributed by atoms with Crippen LogP contribution in [0.25, 0.3) is 0 Å².